The van der Waals surface area contributed by atoms with Crippen LogP contribution in [0.2, 0.25) is 0 Å². The van der Waals surface area contributed by atoms with Gasteiger partial charge in [0.1, 0.15) is 11.1 Å². The third kappa shape index (κ3) is 3.55. The maximum absolute atomic E-state index is 12.6. The number of ether oxygens (including phenoxy) is 1. The number of carbonyl (C=O) groups is 2. The van der Waals surface area contributed by atoms with Gasteiger partial charge in [-0.2, -0.15) is 5.26 Å². The number of amides is 1. The van der Waals surface area contributed by atoms with Crippen molar-refractivity contribution in [3.05, 3.63) is 40.9 Å². The van der Waals surface area contributed by atoms with Crippen LogP contribution < -0.4 is 4.90 Å². The van der Waals surface area contributed by atoms with Gasteiger partial charge < -0.3 is 9.84 Å². The van der Waals surface area contributed by atoms with Gasteiger partial charge in [0.15, 0.2) is 5.57 Å². The molecule has 7 heteroatoms. The summed E-state index contributed by atoms with van der Waals surface area (Å²) in [4.78, 5) is 26.0. The predicted molar refractivity (Wildman–Crippen MR) is 86.3 cm³/mol. The highest BCUT2D eigenvalue weighted by Crippen LogP contribution is 2.41. The molecule has 1 fully saturated rings. The van der Waals surface area contributed by atoms with E-state index in [1.54, 1.807) is 31.2 Å². The molecule has 1 aliphatic rings. The average molecular weight is 332 g/mol. The van der Waals surface area contributed by atoms with E-state index < -0.39 is 11.2 Å². The number of esters is 1. The highest BCUT2D eigenvalue weighted by Gasteiger charge is 2.40. The lowest BCUT2D eigenvalue weighted by molar-refractivity contribution is -0.138. The number of nitrogens with zero attached hydrogens (tertiary/aromatic N) is 2. The maximum atomic E-state index is 12.6. The lowest BCUT2D eigenvalue weighted by Crippen LogP contribution is -2.30. The van der Waals surface area contributed by atoms with Gasteiger partial charge in [0.05, 0.1) is 11.9 Å². The third-order valence-corrected chi connectivity index (χ3v) is 4.50. The van der Waals surface area contributed by atoms with E-state index >= 15 is 0 Å². The van der Waals surface area contributed by atoms with Crippen molar-refractivity contribution in [1.29, 1.82) is 5.26 Å². The lowest BCUT2D eigenvalue weighted by atomic mass is 10.2. The van der Waals surface area contributed by atoms with Gasteiger partial charge in [-0.1, -0.05) is 30.0 Å². The van der Waals surface area contributed by atoms with Crippen LogP contribution in [-0.4, -0.2) is 35.4 Å². The first-order valence-corrected chi connectivity index (χ1v) is 8.00. The van der Waals surface area contributed by atoms with Gasteiger partial charge in [0.2, 0.25) is 5.91 Å². The van der Waals surface area contributed by atoms with Crippen molar-refractivity contribution >= 4 is 29.3 Å². The largest absolute Gasteiger partial charge is 0.462 e. The van der Waals surface area contributed by atoms with E-state index in [2.05, 4.69) is 0 Å². The van der Waals surface area contributed by atoms with Crippen molar-refractivity contribution < 1.29 is 19.4 Å². The summed E-state index contributed by atoms with van der Waals surface area (Å²) in [6, 6.07) is 10.6. The van der Waals surface area contributed by atoms with E-state index in [1.807, 2.05) is 12.1 Å². The van der Waals surface area contributed by atoms with Crippen molar-refractivity contribution in [3.63, 3.8) is 0 Å². The first kappa shape index (κ1) is 17.1. The Kier molecular flexibility index (Phi) is 5.79. The zero-order valence-corrected chi connectivity index (χ0v) is 13.4. The molecule has 0 radical (unpaired) electrons. The second kappa shape index (κ2) is 7.81. The lowest BCUT2D eigenvalue weighted by Gasteiger charge is -2.18. The topological polar surface area (TPSA) is 90.6 Å². The van der Waals surface area contributed by atoms with Gasteiger partial charge in [-0.25, -0.2) is 4.79 Å². The second-order valence-electron chi connectivity index (χ2n) is 4.64. The van der Waals surface area contributed by atoms with Gasteiger partial charge in [-0.05, 0) is 25.5 Å². The standard InChI is InChI=1S/C16H16N2O4S/c1-2-22-16(21)12(10-17)15-18(11-6-4-3-5-7-11)14(20)13(23-15)8-9-19/h3-7,13,19H,2,8-9H2,1H3/b15-12-/t13-/m0/s1. The Morgan fingerprint density at radius 1 is 1.43 bits per heavy atom. The summed E-state index contributed by atoms with van der Waals surface area (Å²) in [7, 11) is 0. The number of anilines is 1. The number of aliphatic hydroxyl groups is 1. The molecule has 1 atom stereocenters. The molecule has 1 aromatic carbocycles. The van der Waals surface area contributed by atoms with Crippen molar-refractivity contribution in [2.24, 2.45) is 0 Å². The molecular weight excluding hydrogens is 316 g/mol. The molecule has 0 bridgehead atoms. The van der Waals surface area contributed by atoms with Crippen LogP contribution in [-0.2, 0) is 14.3 Å². The number of aliphatic hydroxyl groups excluding tert-OH is 1. The molecule has 0 spiro atoms. The van der Waals surface area contributed by atoms with Crippen LogP contribution >= 0.6 is 11.8 Å². The molecule has 1 amide bonds. The van der Waals surface area contributed by atoms with Gasteiger partial charge in [-0.3, -0.25) is 9.69 Å². The van der Waals surface area contributed by atoms with Crippen LogP contribution in [0, 0.1) is 11.3 Å². The van der Waals surface area contributed by atoms with Crippen LogP contribution in [0.25, 0.3) is 0 Å². The average Bonchev–Trinajstić information content (AvgIpc) is 2.86. The minimum absolute atomic E-state index is 0.140. The van der Waals surface area contributed by atoms with E-state index in [9.17, 15) is 14.9 Å². The fraction of sp³-hybridized carbons (Fsp3) is 0.312. The van der Waals surface area contributed by atoms with E-state index in [-0.39, 0.29) is 36.1 Å². The highest BCUT2D eigenvalue weighted by atomic mass is 32.2. The molecular formula is C16H16N2O4S. The molecule has 1 N–H and O–H groups in total. The Labute approximate surface area is 138 Å². The fourth-order valence-corrected chi connectivity index (χ4v) is 3.40. The van der Waals surface area contributed by atoms with Gasteiger partial charge >= 0.3 is 5.97 Å². The molecule has 1 aromatic rings. The van der Waals surface area contributed by atoms with E-state index in [4.69, 9.17) is 9.84 Å². The van der Waals surface area contributed by atoms with Crippen molar-refractivity contribution in [2.75, 3.05) is 18.1 Å². The Morgan fingerprint density at radius 3 is 2.70 bits per heavy atom. The molecule has 2 rings (SSSR count). The number of para-hydroxylation sites is 1. The molecule has 120 valence electrons. The second-order valence-corrected chi connectivity index (χ2v) is 5.83. The van der Waals surface area contributed by atoms with Crippen LogP contribution in [0.15, 0.2) is 40.9 Å². The number of hydrogen-bond donors (Lipinski definition) is 1. The Balaban J connectivity index is 2.51. The summed E-state index contributed by atoms with van der Waals surface area (Å²) < 4.78 is 4.90. The number of rotatable bonds is 5. The monoisotopic (exact) mass is 332 g/mol. The summed E-state index contributed by atoms with van der Waals surface area (Å²) in [6.45, 7) is 1.63. The number of nitriles is 1. The Bertz CT molecular complexity index is 666. The Hall–Kier alpha value is -2.30. The predicted octanol–water partition coefficient (Wildman–Crippen LogP) is 1.82. The molecule has 1 heterocycles. The maximum Gasteiger partial charge on any atom is 0.351 e. The highest BCUT2D eigenvalue weighted by molar-refractivity contribution is 8.05. The van der Waals surface area contributed by atoms with Crippen LogP contribution in [0.1, 0.15) is 13.3 Å². The van der Waals surface area contributed by atoms with Gasteiger partial charge in [0.25, 0.3) is 0 Å². The molecule has 6 nitrogen and oxygen atoms in total. The third-order valence-electron chi connectivity index (χ3n) is 3.16. The van der Waals surface area contributed by atoms with Gasteiger partial charge in [-0.15, -0.1) is 0 Å². The van der Waals surface area contributed by atoms with Crippen LogP contribution in [0.5, 0.6) is 0 Å². The normalized spacial score (nSPS) is 19.4. The first-order chi connectivity index (χ1) is 11.1. The molecule has 23 heavy (non-hydrogen) atoms. The summed E-state index contributed by atoms with van der Waals surface area (Å²) in [5.41, 5.74) is 0.368. The molecule has 0 unspecified atom stereocenters. The van der Waals surface area contributed by atoms with Crippen molar-refractivity contribution in [1.82, 2.24) is 0 Å². The summed E-state index contributed by atoms with van der Waals surface area (Å²) in [5.74, 6) is -1.02. The molecule has 0 aromatic heterocycles. The quantitative estimate of drug-likeness (QED) is 0.502. The molecule has 0 aliphatic carbocycles. The Morgan fingerprint density at radius 2 is 2.13 bits per heavy atom. The number of hydrogen-bond acceptors (Lipinski definition) is 6. The summed E-state index contributed by atoms with van der Waals surface area (Å²) in [6.07, 6.45) is 0.248. The number of benzene rings is 1. The molecule has 0 saturated carbocycles. The zero-order chi connectivity index (χ0) is 16.8. The summed E-state index contributed by atoms with van der Waals surface area (Å²) >= 11 is 1.11. The first-order valence-electron chi connectivity index (χ1n) is 7.12. The van der Waals surface area contributed by atoms with Crippen molar-refractivity contribution in [3.8, 4) is 6.07 Å². The molecule has 1 saturated heterocycles. The summed E-state index contributed by atoms with van der Waals surface area (Å²) in [5, 5.41) is 18.2. The van der Waals surface area contributed by atoms with E-state index in [1.165, 1.54) is 4.90 Å². The minimum atomic E-state index is -0.754. The number of thioether (sulfide) groups is 1. The smallest absolute Gasteiger partial charge is 0.351 e. The van der Waals surface area contributed by atoms with Crippen LogP contribution in [0.4, 0.5) is 5.69 Å². The van der Waals surface area contributed by atoms with Gasteiger partial charge in [0, 0.05) is 12.3 Å². The van der Waals surface area contributed by atoms with E-state index in [0.29, 0.717) is 5.69 Å². The van der Waals surface area contributed by atoms with Crippen molar-refractivity contribution in [2.45, 2.75) is 18.6 Å². The fourth-order valence-electron chi connectivity index (χ4n) is 2.16. The number of carbonyl (C=O) groups excluding carboxylic acids is 2. The zero-order valence-electron chi connectivity index (χ0n) is 12.6. The van der Waals surface area contributed by atoms with Crippen LogP contribution in [0.3, 0.4) is 0 Å². The minimum Gasteiger partial charge on any atom is -0.462 e. The SMILES string of the molecule is CCOC(=O)/C(C#N)=C1\S[C@@H](CCO)C(=O)N1c1ccccc1. The molecule has 1 aliphatic heterocycles. The van der Waals surface area contributed by atoms with E-state index in [0.717, 1.165) is 11.8 Å².